The molecule has 1 heterocycles. The standard InChI is InChI=1S/C18H28N2O2/c1-18(2,3)22-17(21)20-13-9-8-12-15(20)16(19-4)14-10-6-5-7-11-14/h5-7,10-11,15-16,19H,8-9,12-13H2,1-4H3/t15-,16-/m0/s1. The average Bonchev–Trinajstić information content (AvgIpc) is 2.48. The van der Waals surface area contributed by atoms with Crippen LogP contribution in [0.4, 0.5) is 4.79 Å². The van der Waals surface area contributed by atoms with Crippen molar-refractivity contribution in [1.29, 1.82) is 0 Å². The van der Waals surface area contributed by atoms with Crippen LogP contribution < -0.4 is 5.32 Å². The minimum atomic E-state index is -0.457. The van der Waals surface area contributed by atoms with E-state index in [0.717, 1.165) is 25.8 Å². The second kappa shape index (κ2) is 7.14. The molecule has 1 aromatic rings. The number of likely N-dealkylation sites (N-methyl/N-ethyl adjacent to an activating group) is 1. The Hall–Kier alpha value is -1.55. The highest BCUT2D eigenvalue weighted by Gasteiger charge is 2.35. The zero-order valence-corrected chi connectivity index (χ0v) is 14.1. The molecule has 0 aliphatic carbocycles. The van der Waals surface area contributed by atoms with Crippen molar-refractivity contribution in [2.24, 2.45) is 0 Å². The van der Waals surface area contributed by atoms with Gasteiger partial charge in [-0.25, -0.2) is 4.79 Å². The van der Waals surface area contributed by atoms with Crippen LogP contribution in [0.25, 0.3) is 0 Å². The fraction of sp³-hybridized carbons (Fsp3) is 0.611. The van der Waals surface area contributed by atoms with Crippen LogP contribution >= 0.6 is 0 Å². The molecule has 0 saturated carbocycles. The average molecular weight is 304 g/mol. The molecular formula is C18H28N2O2. The van der Waals surface area contributed by atoms with Crippen molar-refractivity contribution >= 4 is 6.09 Å². The molecule has 22 heavy (non-hydrogen) atoms. The van der Waals surface area contributed by atoms with Crippen LogP contribution in [0.3, 0.4) is 0 Å². The summed E-state index contributed by atoms with van der Waals surface area (Å²) in [4.78, 5) is 14.5. The van der Waals surface area contributed by atoms with Crippen molar-refractivity contribution in [3.63, 3.8) is 0 Å². The van der Waals surface area contributed by atoms with Crippen molar-refractivity contribution in [2.75, 3.05) is 13.6 Å². The monoisotopic (exact) mass is 304 g/mol. The van der Waals surface area contributed by atoms with Gasteiger partial charge < -0.3 is 15.0 Å². The van der Waals surface area contributed by atoms with E-state index in [1.807, 2.05) is 50.9 Å². The Balaban J connectivity index is 2.19. The Kier molecular flexibility index (Phi) is 5.46. The summed E-state index contributed by atoms with van der Waals surface area (Å²) in [5.41, 5.74) is 0.756. The minimum Gasteiger partial charge on any atom is -0.444 e. The lowest BCUT2D eigenvalue weighted by Crippen LogP contribution is -2.51. The Morgan fingerprint density at radius 3 is 2.55 bits per heavy atom. The summed E-state index contributed by atoms with van der Waals surface area (Å²) in [6.07, 6.45) is 2.99. The predicted molar refractivity (Wildman–Crippen MR) is 88.8 cm³/mol. The third-order valence-electron chi connectivity index (χ3n) is 4.03. The maximum atomic E-state index is 12.6. The molecule has 0 bridgehead atoms. The number of carbonyl (C=O) groups is 1. The van der Waals surface area contributed by atoms with Crippen molar-refractivity contribution in [3.8, 4) is 0 Å². The van der Waals surface area contributed by atoms with E-state index in [4.69, 9.17) is 4.74 Å². The zero-order chi connectivity index (χ0) is 16.2. The number of hydrogen-bond donors (Lipinski definition) is 1. The summed E-state index contributed by atoms with van der Waals surface area (Å²) >= 11 is 0. The molecule has 2 rings (SSSR count). The van der Waals surface area contributed by atoms with E-state index >= 15 is 0 Å². The second-order valence-corrected chi connectivity index (χ2v) is 6.91. The Morgan fingerprint density at radius 1 is 1.27 bits per heavy atom. The molecular weight excluding hydrogens is 276 g/mol. The van der Waals surface area contributed by atoms with Crippen molar-refractivity contribution in [1.82, 2.24) is 10.2 Å². The highest BCUT2D eigenvalue weighted by Crippen LogP contribution is 2.29. The fourth-order valence-electron chi connectivity index (χ4n) is 3.09. The van der Waals surface area contributed by atoms with E-state index in [-0.39, 0.29) is 18.2 Å². The number of hydrogen-bond acceptors (Lipinski definition) is 3. The van der Waals surface area contributed by atoms with Gasteiger partial charge in [-0.2, -0.15) is 0 Å². The van der Waals surface area contributed by atoms with Crippen molar-refractivity contribution < 1.29 is 9.53 Å². The molecule has 122 valence electrons. The molecule has 4 heteroatoms. The molecule has 1 saturated heterocycles. The molecule has 1 aliphatic rings. The molecule has 1 amide bonds. The number of carbonyl (C=O) groups excluding carboxylic acids is 1. The van der Waals surface area contributed by atoms with Crippen LogP contribution in [0.15, 0.2) is 30.3 Å². The number of likely N-dealkylation sites (tertiary alicyclic amines) is 1. The largest absolute Gasteiger partial charge is 0.444 e. The van der Waals surface area contributed by atoms with Gasteiger partial charge in [-0.05, 0) is 52.6 Å². The SMILES string of the molecule is CN[C@@H](c1ccccc1)[C@@H]1CCCCN1C(=O)OC(C)(C)C. The van der Waals surface area contributed by atoms with Crippen LogP contribution in [0.5, 0.6) is 0 Å². The number of piperidine rings is 1. The first-order chi connectivity index (χ1) is 10.4. The smallest absolute Gasteiger partial charge is 0.410 e. The number of rotatable bonds is 3. The van der Waals surface area contributed by atoms with Gasteiger partial charge in [0.25, 0.3) is 0 Å². The van der Waals surface area contributed by atoms with Gasteiger partial charge in [0.15, 0.2) is 0 Å². The first-order valence-corrected chi connectivity index (χ1v) is 8.14. The minimum absolute atomic E-state index is 0.133. The van der Waals surface area contributed by atoms with Crippen LogP contribution in [-0.2, 0) is 4.74 Å². The van der Waals surface area contributed by atoms with Crippen LogP contribution in [-0.4, -0.2) is 36.2 Å². The van der Waals surface area contributed by atoms with Gasteiger partial charge in [-0.3, -0.25) is 0 Å². The van der Waals surface area contributed by atoms with Gasteiger partial charge in [0, 0.05) is 6.54 Å². The first kappa shape index (κ1) is 16.8. The van der Waals surface area contributed by atoms with E-state index in [1.54, 1.807) is 0 Å². The Labute approximate surface area is 133 Å². The number of nitrogens with zero attached hydrogens (tertiary/aromatic N) is 1. The molecule has 0 aromatic heterocycles. The van der Waals surface area contributed by atoms with Gasteiger partial charge in [-0.15, -0.1) is 0 Å². The third kappa shape index (κ3) is 4.23. The van der Waals surface area contributed by atoms with Crippen molar-refractivity contribution in [2.45, 2.75) is 57.7 Å². The number of amides is 1. The molecule has 0 unspecified atom stereocenters. The van der Waals surface area contributed by atoms with Crippen LogP contribution in [0.1, 0.15) is 51.6 Å². The maximum absolute atomic E-state index is 12.6. The number of benzene rings is 1. The first-order valence-electron chi connectivity index (χ1n) is 8.14. The molecule has 4 nitrogen and oxygen atoms in total. The highest BCUT2D eigenvalue weighted by atomic mass is 16.6. The quantitative estimate of drug-likeness (QED) is 0.925. The summed E-state index contributed by atoms with van der Waals surface area (Å²) in [6.45, 7) is 6.51. The Morgan fingerprint density at radius 2 is 1.95 bits per heavy atom. The van der Waals surface area contributed by atoms with E-state index in [1.165, 1.54) is 5.56 Å². The fourth-order valence-corrected chi connectivity index (χ4v) is 3.09. The lowest BCUT2D eigenvalue weighted by Gasteiger charge is -2.41. The highest BCUT2D eigenvalue weighted by molar-refractivity contribution is 5.69. The summed E-state index contributed by atoms with van der Waals surface area (Å²) in [6, 6.07) is 10.6. The molecule has 1 aliphatic heterocycles. The molecule has 1 aromatic carbocycles. The van der Waals surface area contributed by atoms with Gasteiger partial charge in [0.1, 0.15) is 5.60 Å². The predicted octanol–water partition coefficient (Wildman–Crippen LogP) is 3.74. The maximum Gasteiger partial charge on any atom is 0.410 e. The van der Waals surface area contributed by atoms with E-state index in [0.29, 0.717) is 0 Å². The summed E-state index contributed by atoms with van der Waals surface area (Å²) in [5.74, 6) is 0. The molecule has 2 atom stereocenters. The van der Waals surface area contributed by atoms with E-state index in [2.05, 4.69) is 17.4 Å². The summed E-state index contributed by atoms with van der Waals surface area (Å²) in [5, 5.41) is 3.39. The lowest BCUT2D eigenvalue weighted by atomic mass is 9.91. The summed E-state index contributed by atoms with van der Waals surface area (Å²) in [7, 11) is 1.96. The topological polar surface area (TPSA) is 41.6 Å². The van der Waals surface area contributed by atoms with E-state index in [9.17, 15) is 4.79 Å². The molecule has 1 fully saturated rings. The third-order valence-corrected chi connectivity index (χ3v) is 4.03. The van der Waals surface area contributed by atoms with Crippen LogP contribution in [0.2, 0.25) is 0 Å². The molecule has 0 radical (unpaired) electrons. The number of nitrogens with one attached hydrogen (secondary N) is 1. The Bertz CT molecular complexity index is 482. The van der Waals surface area contributed by atoms with Gasteiger partial charge >= 0.3 is 6.09 Å². The molecule has 0 spiro atoms. The van der Waals surface area contributed by atoms with Crippen molar-refractivity contribution in [3.05, 3.63) is 35.9 Å². The van der Waals surface area contributed by atoms with E-state index < -0.39 is 5.60 Å². The van der Waals surface area contributed by atoms with Crippen LogP contribution in [0, 0.1) is 0 Å². The van der Waals surface area contributed by atoms with Gasteiger partial charge in [0.2, 0.25) is 0 Å². The number of ether oxygens (including phenoxy) is 1. The summed E-state index contributed by atoms with van der Waals surface area (Å²) < 4.78 is 5.60. The second-order valence-electron chi connectivity index (χ2n) is 6.91. The van der Waals surface area contributed by atoms with Gasteiger partial charge in [0.05, 0.1) is 12.1 Å². The van der Waals surface area contributed by atoms with Gasteiger partial charge in [-0.1, -0.05) is 30.3 Å². The lowest BCUT2D eigenvalue weighted by molar-refractivity contribution is 0.00498. The normalized spacial score (nSPS) is 20.5. The zero-order valence-electron chi connectivity index (χ0n) is 14.1. The molecule has 1 N–H and O–H groups in total.